The van der Waals surface area contributed by atoms with Gasteiger partial charge in [-0.2, -0.15) is 14.6 Å². The molecule has 0 aliphatic heterocycles. The fraction of sp³-hybridized carbons (Fsp3) is 0.500. The van der Waals surface area contributed by atoms with Crippen LogP contribution in [0.1, 0.15) is 19.5 Å². The monoisotopic (exact) mass is 220 g/mol. The van der Waals surface area contributed by atoms with E-state index in [9.17, 15) is 0 Å². The number of rotatable bonds is 3. The lowest BCUT2D eigenvalue weighted by Gasteiger charge is -2.25. The highest BCUT2D eigenvalue weighted by molar-refractivity contribution is 5.46. The molecule has 2 aromatic rings. The van der Waals surface area contributed by atoms with E-state index in [4.69, 9.17) is 5.73 Å². The van der Waals surface area contributed by atoms with Gasteiger partial charge in [-0.25, -0.2) is 4.98 Å². The molecule has 16 heavy (non-hydrogen) atoms. The van der Waals surface area contributed by atoms with Gasteiger partial charge in [-0.1, -0.05) is 0 Å². The van der Waals surface area contributed by atoms with Crippen molar-refractivity contribution in [1.29, 1.82) is 0 Å². The first-order valence-corrected chi connectivity index (χ1v) is 5.17. The van der Waals surface area contributed by atoms with Crippen molar-refractivity contribution in [1.82, 2.24) is 19.6 Å². The molecule has 0 bridgehead atoms. The van der Waals surface area contributed by atoms with Gasteiger partial charge in [0.1, 0.15) is 12.1 Å². The molecule has 0 saturated carbocycles. The van der Waals surface area contributed by atoms with Gasteiger partial charge in [0.2, 0.25) is 0 Å². The summed E-state index contributed by atoms with van der Waals surface area (Å²) < 4.78 is 1.67. The van der Waals surface area contributed by atoms with E-state index in [-0.39, 0.29) is 5.54 Å². The number of nitrogens with two attached hydrogens (primary N) is 1. The molecule has 2 heterocycles. The molecule has 0 fully saturated rings. The van der Waals surface area contributed by atoms with Crippen LogP contribution in [-0.4, -0.2) is 31.7 Å². The lowest BCUT2D eigenvalue weighted by Crippen LogP contribution is -2.39. The third kappa shape index (κ3) is 1.96. The number of aromatic nitrogens is 4. The van der Waals surface area contributed by atoms with Crippen molar-refractivity contribution >= 4 is 11.6 Å². The molecule has 0 atom stereocenters. The van der Waals surface area contributed by atoms with Gasteiger partial charge in [0, 0.05) is 23.8 Å². The van der Waals surface area contributed by atoms with Crippen LogP contribution >= 0.6 is 0 Å². The summed E-state index contributed by atoms with van der Waals surface area (Å²) in [6.45, 7) is 6.52. The fourth-order valence-corrected chi connectivity index (χ4v) is 1.42. The summed E-state index contributed by atoms with van der Waals surface area (Å²) in [5.74, 6) is 1.45. The molecule has 0 unspecified atom stereocenters. The minimum absolute atomic E-state index is 0.188. The number of hydrogen-bond donors (Lipinski definition) is 2. The van der Waals surface area contributed by atoms with Crippen molar-refractivity contribution in [2.45, 2.75) is 26.3 Å². The Kier molecular flexibility index (Phi) is 2.51. The average molecular weight is 220 g/mol. The van der Waals surface area contributed by atoms with Crippen LogP contribution in [0.5, 0.6) is 0 Å². The molecule has 0 spiro atoms. The standard InChI is InChI=1S/C10H16N6/c1-7-4-8(15-10(2,3)5-11)16-9(14-7)12-6-13-16/h4,6,15H,5,11H2,1-3H3. The van der Waals surface area contributed by atoms with Crippen molar-refractivity contribution in [2.75, 3.05) is 11.9 Å². The van der Waals surface area contributed by atoms with E-state index in [0.717, 1.165) is 11.5 Å². The lowest BCUT2D eigenvalue weighted by atomic mass is 10.1. The number of anilines is 1. The number of hydrogen-bond acceptors (Lipinski definition) is 5. The molecule has 6 heteroatoms. The molecule has 86 valence electrons. The number of nitrogens with one attached hydrogen (secondary N) is 1. The predicted octanol–water partition coefficient (Wildman–Crippen LogP) is 0.582. The zero-order valence-corrected chi connectivity index (χ0v) is 9.73. The van der Waals surface area contributed by atoms with Crippen molar-refractivity contribution in [3.05, 3.63) is 18.1 Å². The molecule has 2 rings (SSSR count). The maximum atomic E-state index is 5.69. The van der Waals surface area contributed by atoms with Crippen molar-refractivity contribution < 1.29 is 0 Å². The highest BCUT2D eigenvalue weighted by atomic mass is 15.4. The number of aryl methyl sites for hydroxylation is 1. The van der Waals surface area contributed by atoms with Crippen LogP contribution < -0.4 is 11.1 Å². The molecular weight excluding hydrogens is 204 g/mol. The van der Waals surface area contributed by atoms with Crippen LogP contribution in [0.4, 0.5) is 5.82 Å². The van der Waals surface area contributed by atoms with E-state index in [1.165, 1.54) is 6.33 Å². The molecule has 6 nitrogen and oxygen atoms in total. The van der Waals surface area contributed by atoms with Gasteiger partial charge in [-0.15, -0.1) is 0 Å². The topological polar surface area (TPSA) is 81.1 Å². The van der Waals surface area contributed by atoms with Crippen LogP contribution in [0.15, 0.2) is 12.4 Å². The summed E-state index contributed by atoms with van der Waals surface area (Å²) >= 11 is 0. The molecule has 0 aliphatic carbocycles. The van der Waals surface area contributed by atoms with Crippen LogP contribution in [0, 0.1) is 6.92 Å². The second kappa shape index (κ2) is 3.71. The Hall–Kier alpha value is -1.69. The second-order valence-corrected chi connectivity index (χ2v) is 4.47. The summed E-state index contributed by atoms with van der Waals surface area (Å²) in [6.07, 6.45) is 1.49. The van der Waals surface area contributed by atoms with E-state index in [1.807, 2.05) is 26.8 Å². The summed E-state index contributed by atoms with van der Waals surface area (Å²) in [5, 5.41) is 7.45. The normalized spacial score (nSPS) is 12.0. The summed E-state index contributed by atoms with van der Waals surface area (Å²) in [6, 6.07) is 1.93. The lowest BCUT2D eigenvalue weighted by molar-refractivity contribution is 0.574. The Labute approximate surface area is 93.9 Å². The third-order valence-electron chi connectivity index (χ3n) is 2.36. The SMILES string of the molecule is Cc1cc(NC(C)(C)CN)n2ncnc2n1. The van der Waals surface area contributed by atoms with Gasteiger partial charge in [-0.05, 0) is 20.8 Å². The largest absolute Gasteiger partial charge is 0.364 e. The van der Waals surface area contributed by atoms with E-state index in [1.54, 1.807) is 4.52 Å². The maximum Gasteiger partial charge on any atom is 0.254 e. The molecule has 0 aliphatic rings. The zero-order valence-electron chi connectivity index (χ0n) is 9.73. The highest BCUT2D eigenvalue weighted by Crippen LogP contribution is 2.15. The quantitative estimate of drug-likeness (QED) is 0.791. The van der Waals surface area contributed by atoms with Crippen molar-refractivity contribution in [3.8, 4) is 0 Å². The van der Waals surface area contributed by atoms with Gasteiger partial charge < -0.3 is 11.1 Å². The summed E-state index contributed by atoms with van der Waals surface area (Å²) in [7, 11) is 0. The first-order chi connectivity index (χ1) is 7.52. The Morgan fingerprint density at radius 3 is 2.94 bits per heavy atom. The molecule has 2 aromatic heterocycles. The van der Waals surface area contributed by atoms with E-state index in [2.05, 4.69) is 20.4 Å². The summed E-state index contributed by atoms with van der Waals surface area (Å²) in [4.78, 5) is 8.34. The Balaban J connectivity index is 2.47. The first-order valence-electron chi connectivity index (χ1n) is 5.17. The van der Waals surface area contributed by atoms with Crippen LogP contribution in [0.25, 0.3) is 5.78 Å². The molecule has 0 radical (unpaired) electrons. The van der Waals surface area contributed by atoms with Gasteiger partial charge in [0.15, 0.2) is 0 Å². The summed E-state index contributed by atoms with van der Waals surface area (Å²) in [5.41, 5.74) is 6.40. The van der Waals surface area contributed by atoms with E-state index < -0.39 is 0 Å². The van der Waals surface area contributed by atoms with Gasteiger partial charge >= 0.3 is 0 Å². The third-order valence-corrected chi connectivity index (χ3v) is 2.36. The Morgan fingerprint density at radius 2 is 2.25 bits per heavy atom. The highest BCUT2D eigenvalue weighted by Gasteiger charge is 2.17. The smallest absolute Gasteiger partial charge is 0.254 e. The minimum atomic E-state index is -0.188. The second-order valence-electron chi connectivity index (χ2n) is 4.47. The molecule has 3 N–H and O–H groups in total. The average Bonchev–Trinajstić information content (AvgIpc) is 2.65. The Morgan fingerprint density at radius 1 is 1.50 bits per heavy atom. The van der Waals surface area contributed by atoms with E-state index in [0.29, 0.717) is 12.3 Å². The first kappa shape index (κ1) is 10.8. The molecule has 0 aromatic carbocycles. The number of nitrogens with zero attached hydrogens (tertiary/aromatic N) is 4. The fourth-order valence-electron chi connectivity index (χ4n) is 1.42. The number of fused-ring (bicyclic) bond motifs is 1. The maximum absolute atomic E-state index is 5.69. The van der Waals surface area contributed by atoms with Crippen LogP contribution in [0.2, 0.25) is 0 Å². The van der Waals surface area contributed by atoms with Gasteiger partial charge in [0.05, 0.1) is 0 Å². The van der Waals surface area contributed by atoms with Crippen LogP contribution in [-0.2, 0) is 0 Å². The molecular formula is C10H16N6. The van der Waals surface area contributed by atoms with Gasteiger partial charge in [-0.3, -0.25) is 0 Å². The molecule has 0 amide bonds. The Bertz CT molecular complexity index is 501. The van der Waals surface area contributed by atoms with Crippen molar-refractivity contribution in [3.63, 3.8) is 0 Å². The van der Waals surface area contributed by atoms with Crippen LogP contribution in [0.3, 0.4) is 0 Å². The molecule has 0 saturated heterocycles. The minimum Gasteiger partial charge on any atom is -0.364 e. The van der Waals surface area contributed by atoms with Crippen molar-refractivity contribution in [2.24, 2.45) is 5.73 Å². The van der Waals surface area contributed by atoms with E-state index >= 15 is 0 Å². The van der Waals surface area contributed by atoms with Gasteiger partial charge in [0.25, 0.3) is 5.78 Å². The predicted molar refractivity (Wildman–Crippen MR) is 62.3 cm³/mol. The zero-order chi connectivity index (χ0) is 11.8.